The highest BCUT2D eigenvalue weighted by atomic mass is 127. The Hall–Kier alpha value is 0.0769. The molecule has 1 atom stereocenters. The van der Waals surface area contributed by atoms with E-state index in [1.165, 1.54) is 12.1 Å². The number of benzene rings is 1. The van der Waals surface area contributed by atoms with E-state index < -0.39 is 35.2 Å². The molecule has 1 unspecified atom stereocenters. The maximum Gasteiger partial charge on any atom is 0.410 e. The summed E-state index contributed by atoms with van der Waals surface area (Å²) in [6.07, 6.45) is -0.829. The molecule has 1 rings (SSSR count). The number of alkyl carbamates (subject to hydrolysis) is 1. The molecule has 0 aliphatic carbocycles. The molecule has 1 amide bonds. The molecule has 0 saturated carbocycles. The van der Waals surface area contributed by atoms with Crippen LogP contribution in [0, 0.1) is 7.14 Å². The van der Waals surface area contributed by atoms with Gasteiger partial charge < -0.3 is 14.8 Å². The first-order chi connectivity index (χ1) is 12.1. The van der Waals surface area contributed by atoms with Gasteiger partial charge in [-0.1, -0.05) is 19.6 Å². The summed E-state index contributed by atoms with van der Waals surface area (Å²) in [6, 6.07) is 5.69. The Balaban J connectivity index is 3.12. The van der Waals surface area contributed by atoms with E-state index >= 15 is 0 Å². The van der Waals surface area contributed by atoms with Gasteiger partial charge in [-0.3, -0.25) is 0 Å². The lowest BCUT2D eigenvalue weighted by Crippen LogP contribution is -2.44. The van der Waals surface area contributed by atoms with Gasteiger partial charge in [-0.2, -0.15) is 0 Å². The Kier molecular flexibility index (Phi) is 9.04. The van der Waals surface area contributed by atoms with Crippen LogP contribution in [0.1, 0.15) is 20.8 Å². The maximum atomic E-state index is 13.1. The van der Waals surface area contributed by atoms with Crippen LogP contribution in [-0.4, -0.2) is 40.4 Å². The fraction of sp³-hybridized carbons (Fsp3) is 0.588. The first-order valence-corrected chi connectivity index (χ1v) is 15.8. The second kappa shape index (κ2) is 9.72. The Morgan fingerprint density at radius 2 is 1.67 bits per heavy atom. The predicted molar refractivity (Wildman–Crippen MR) is 126 cm³/mol. The van der Waals surface area contributed by atoms with E-state index in [0.717, 1.165) is 13.2 Å². The van der Waals surface area contributed by atoms with Crippen molar-refractivity contribution in [1.29, 1.82) is 0 Å². The monoisotopic (exact) mass is 639 g/mol. The standard InChI is InChI=1S/C17H27I2NO5SSi/c1-17(2,3)20-15(21)25-16(24-7-8-27(4,5)6)26(22,23)14-10-12(18)9-13(19)11-14/h9-11,16H,7-8H2,1-6H3,(H,20,21). The molecule has 6 nitrogen and oxygen atoms in total. The molecule has 27 heavy (non-hydrogen) atoms. The number of carbonyl (C=O) groups is 1. The Bertz CT molecular complexity index is 752. The number of amides is 1. The first kappa shape index (κ1) is 25.1. The van der Waals surface area contributed by atoms with Gasteiger partial charge in [0.2, 0.25) is 9.84 Å². The van der Waals surface area contributed by atoms with Crippen LogP contribution in [0.3, 0.4) is 0 Å². The van der Waals surface area contributed by atoms with Gasteiger partial charge in [0, 0.05) is 27.4 Å². The number of nitrogens with one attached hydrogen (secondary N) is 1. The van der Waals surface area contributed by atoms with E-state index in [4.69, 9.17) is 9.47 Å². The molecule has 10 heteroatoms. The van der Waals surface area contributed by atoms with Crippen molar-refractivity contribution in [2.24, 2.45) is 0 Å². The fourth-order valence-corrected chi connectivity index (χ4v) is 6.26. The van der Waals surface area contributed by atoms with Gasteiger partial charge in [0.25, 0.3) is 0 Å². The summed E-state index contributed by atoms with van der Waals surface area (Å²) in [4.78, 5) is 12.2. The van der Waals surface area contributed by atoms with Gasteiger partial charge in [0.05, 0.1) is 4.90 Å². The van der Waals surface area contributed by atoms with Crippen molar-refractivity contribution in [1.82, 2.24) is 5.32 Å². The molecular formula is C17H27I2NO5SSi. The third-order valence-electron chi connectivity index (χ3n) is 3.20. The largest absolute Gasteiger partial charge is 0.410 e. The summed E-state index contributed by atoms with van der Waals surface area (Å²) in [7, 11) is -5.45. The van der Waals surface area contributed by atoms with Gasteiger partial charge in [0.1, 0.15) is 0 Å². The molecule has 1 aromatic carbocycles. The quantitative estimate of drug-likeness (QED) is 0.263. The average molecular weight is 639 g/mol. The average Bonchev–Trinajstić information content (AvgIpc) is 2.41. The smallest absolute Gasteiger partial charge is 0.404 e. The van der Waals surface area contributed by atoms with Crippen molar-refractivity contribution >= 4 is 69.2 Å². The van der Waals surface area contributed by atoms with Crippen LogP contribution in [-0.2, 0) is 19.3 Å². The van der Waals surface area contributed by atoms with E-state index in [9.17, 15) is 13.2 Å². The molecule has 1 aromatic rings. The van der Waals surface area contributed by atoms with Gasteiger partial charge in [-0.15, -0.1) is 0 Å². The molecule has 0 bridgehead atoms. The molecule has 0 spiro atoms. The second-order valence-electron chi connectivity index (χ2n) is 8.40. The van der Waals surface area contributed by atoms with Crippen molar-refractivity contribution in [2.75, 3.05) is 6.61 Å². The van der Waals surface area contributed by atoms with Crippen molar-refractivity contribution in [3.05, 3.63) is 25.3 Å². The minimum atomic E-state index is -4.01. The van der Waals surface area contributed by atoms with Crippen molar-refractivity contribution < 1.29 is 22.7 Å². The minimum Gasteiger partial charge on any atom is -0.404 e. The van der Waals surface area contributed by atoms with Crippen molar-refractivity contribution in [2.45, 2.75) is 62.5 Å². The van der Waals surface area contributed by atoms with Gasteiger partial charge in [0.15, 0.2) is 0 Å². The van der Waals surface area contributed by atoms with Crippen LogP contribution in [0.5, 0.6) is 0 Å². The SMILES string of the molecule is CC(C)(C)NC(=O)OC(OCC[Si](C)(C)C)S(=O)(=O)c1cc(I)cc(I)c1. The lowest BCUT2D eigenvalue weighted by atomic mass is 10.1. The van der Waals surface area contributed by atoms with Crippen molar-refractivity contribution in [3.8, 4) is 0 Å². The second-order valence-corrected chi connectivity index (χ2v) is 18.5. The van der Waals surface area contributed by atoms with E-state index in [2.05, 4.69) is 70.1 Å². The lowest BCUT2D eigenvalue weighted by molar-refractivity contribution is -0.0460. The lowest BCUT2D eigenvalue weighted by Gasteiger charge is -2.24. The minimum absolute atomic E-state index is 0.0698. The normalized spacial score (nSPS) is 13.9. The third-order valence-corrected chi connectivity index (χ3v) is 7.79. The molecule has 0 heterocycles. The maximum absolute atomic E-state index is 13.1. The van der Waals surface area contributed by atoms with Crippen LogP contribution < -0.4 is 5.32 Å². The summed E-state index contributed by atoms with van der Waals surface area (Å²) in [5, 5.41) is 2.60. The Labute approximate surface area is 190 Å². The Morgan fingerprint density at radius 1 is 1.15 bits per heavy atom. The molecular weight excluding hydrogens is 612 g/mol. The number of ether oxygens (including phenoxy) is 2. The van der Waals surface area contributed by atoms with Crippen LogP contribution >= 0.6 is 45.2 Å². The van der Waals surface area contributed by atoms with Gasteiger partial charge in [-0.25, -0.2) is 13.2 Å². The zero-order valence-electron chi connectivity index (χ0n) is 16.4. The molecule has 0 aliphatic heterocycles. The number of hydrogen-bond donors (Lipinski definition) is 1. The van der Waals surface area contributed by atoms with Crippen molar-refractivity contribution in [3.63, 3.8) is 0 Å². The van der Waals surface area contributed by atoms with Crippen LogP contribution in [0.15, 0.2) is 23.1 Å². The van der Waals surface area contributed by atoms with E-state index in [0.29, 0.717) is 0 Å². The fourth-order valence-electron chi connectivity index (χ4n) is 1.88. The highest BCUT2D eigenvalue weighted by molar-refractivity contribution is 14.1. The number of sulfone groups is 1. The van der Waals surface area contributed by atoms with E-state index in [1.54, 1.807) is 20.8 Å². The third kappa shape index (κ3) is 9.41. The molecule has 0 fully saturated rings. The predicted octanol–water partition coefficient (Wildman–Crippen LogP) is 4.83. The highest BCUT2D eigenvalue weighted by Gasteiger charge is 2.34. The van der Waals surface area contributed by atoms with Crippen LogP contribution in [0.4, 0.5) is 4.79 Å². The number of halogens is 2. The zero-order valence-corrected chi connectivity index (χ0v) is 22.6. The van der Waals surface area contributed by atoms with E-state index in [1.807, 2.05) is 6.07 Å². The molecule has 1 N–H and O–H groups in total. The van der Waals surface area contributed by atoms with Gasteiger partial charge in [-0.05, 0) is 90.2 Å². The number of carbonyl (C=O) groups excluding carboxylic acids is 1. The summed E-state index contributed by atoms with van der Waals surface area (Å²) in [5.41, 5.74) is -2.24. The number of rotatable bonds is 7. The summed E-state index contributed by atoms with van der Waals surface area (Å²) in [6.45, 7) is 12.0. The van der Waals surface area contributed by atoms with Crippen LogP contribution in [0.25, 0.3) is 0 Å². The molecule has 0 saturated heterocycles. The molecule has 154 valence electrons. The van der Waals surface area contributed by atoms with Crippen LogP contribution in [0.2, 0.25) is 25.7 Å². The summed E-state index contributed by atoms with van der Waals surface area (Å²) in [5.74, 6) is 0. The molecule has 0 aromatic heterocycles. The summed E-state index contributed by atoms with van der Waals surface area (Å²) >= 11 is 4.10. The Morgan fingerprint density at radius 3 is 2.11 bits per heavy atom. The zero-order chi connectivity index (χ0) is 21.0. The summed E-state index contributed by atoms with van der Waals surface area (Å²) < 4.78 is 38.4. The van der Waals surface area contributed by atoms with Gasteiger partial charge >= 0.3 is 11.7 Å². The molecule has 0 radical (unpaired) electrons. The highest BCUT2D eigenvalue weighted by Crippen LogP contribution is 2.24. The number of hydrogen-bond acceptors (Lipinski definition) is 5. The topological polar surface area (TPSA) is 81.7 Å². The first-order valence-electron chi connectivity index (χ1n) is 8.41. The molecule has 0 aliphatic rings. The van der Waals surface area contributed by atoms with E-state index in [-0.39, 0.29) is 11.5 Å².